The van der Waals surface area contributed by atoms with Gasteiger partial charge in [-0.05, 0) is 31.7 Å². The van der Waals surface area contributed by atoms with Crippen LogP contribution in [-0.2, 0) is 16.5 Å². The van der Waals surface area contributed by atoms with Gasteiger partial charge in [0, 0.05) is 44.4 Å². The third kappa shape index (κ3) is 5.33. The third-order valence-corrected chi connectivity index (χ3v) is 5.33. The highest BCUT2D eigenvalue weighted by atomic mass is 16.5. The Labute approximate surface area is 180 Å². The molecule has 0 spiro atoms. The number of nitrogens with one attached hydrogen (secondary N) is 1. The first-order valence-corrected chi connectivity index (χ1v) is 10.4. The summed E-state index contributed by atoms with van der Waals surface area (Å²) in [6.45, 7) is 1.20. The van der Waals surface area contributed by atoms with Crippen molar-refractivity contribution < 1.29 is 14.3 Å². The van der Waals surface area contributed by atoms with Crippen LogP contribution in [0.25, 0.3) is 17.2 Å². The lowest BCUT2D eigenvalue weighted by molar-refractivity contribution is -0.00409. The Bertz CT molecular complexity index is 994. The van der Waals surface area contributed by atoms with Crippen molar-refractivity contribution in [2.45, 2.75) is 37.8 Å². The van der Waals surface area contributed by atoms with E-state index in [1.165, 1.54) is 0 Å². The number of carbonyl (C=O) groups is 1. The highest BCUT2D eigenvalue weighted by Crippen LogP contribution is 2.22. The number of hydrogen-bond acceptors (Lipinski definition) is 7. The van der Waals surface area contributed by atoms with Crippen molar-refractivity contribution in [2.24, 2.45) is 7.05 Å². The predicted molar refractivity (Wildman–Crippen MR) is 113 cm³/mol. The van der Waals surface area contributed by atoms with Gasteiger partial charge in [0.15, 0.2) is 0 Å². The molecular formula is C21H27N7O3. The minimum Gasteiger partial charge on any atom is -0.382 e. The second-order valence-electron chi connectivity index (χ2n) is 7.62. The van der Waals surface area contributed by atoms with E-state index in [0.717, 1.165) is 31.2 Å². The summed E-state index contributed by atoms with van der Waals surface area (Å²) in [5, 5.41) is 7.33. The molecule has 1 aliphatic rings. The zero-order valence-corrected chi connectivity index (χ0v) is 17.8. The second kappa shape index (κ2) is 9.80. The molecule has 10 heteroatoms. The van der Waals surface area contributed by atoms with Gasteiger partial charge in [-0.1, -0.05) is 0 Å². The van der Waals surface area contributed by atoms with Crippen molar-refractivity contribution in [2.75, 3.05) is 20.3 Å². The third-order valence-electron chi connectivity index (χ3n) is 5.33. The van der Waals surface area contributed by atoms with Crippen LogP contribution >= 0.6 is 0 Å². The van der Waals surface area contributed by atoms with Gasteiger partial charge in [-0.25, -0.2) is 15.0 Å². The first-order valence-electron chi connectivity index (χ1n) is 10.4. The van der Waals surface area contributed by atoms with Gasteiger partial charge in [-0.15, -0.1) is 0 Å². The zero-order chi connectivity index (χ0) is 21.6. The van der Waals surface area contributed by atoms with E-state index < -0.39 is 0 Å². The Kier molecular flexibility index (Phi) is 6.68. The summed E-state index contributed by atoms with van der Waals surface area (Å²) in [7, 11) is 3.51. The molecule has 0 bridgehead atoms. The molecule has 164 valence electrons. The van der Waals surface area contributed by atoms with Crippen LogP contribution in [0.2, 0.25) is 0 Å². The van der Waals surface area contributed by atoms with E-state index in [4.69, 9.17) is 9.47 Å². The van der Waals surface area contributed by atoms with Gasteiger partial charge in [0.05, 0.1) is 31.2 Å². The molecule has 1 amide bonds. The number of aromatic nitrogens is 6. The van der Waals surface area contributed by atoms with E-state index in [9.17, 15) is 4.79 Å². The van der Waals surface area contributed by atoms with Crippen molar-refractivity contribution in [3.05, 3.63) is 42.9 Å². The molecule has 3 aromatic rings. The number of nitrogens with zero attached hydrogens (tertiary/aromatic N) is 6. The molecule has 0 atom stereocenters. The van der Waals surface area contributed by atoms with Crippen LogP contribution < -0.4 is 5.32 Å². The molecule has 10 nitrogen and oxygen atoms in total. The van der Waals surface area contributed by atoms with Crippen molar-refractivity contribution in [3.63, 3.8) is 0 Å². The minimum atomic E-state index is -0.211. The number of aryl methyl sites for hydroxylation is 1. The molecule has 0 unspecified atom stereocenters. The average molecular weight is 425 g/mol. The molecule has 31 heavy (non-hydrogen) atoms. The molecule has 0 aliphatic heterocycles. The van der Waals surface area contributed by atoms with Crippen LogP contribution in [0.15, 0.2) is 37.2 Å². The fourth-order valence-corrected chi connectivity index (χ4v) is 3.68. The van der Waals surface area contributed by atoms with Gasteiger partial charge in [-0.3, -0.25) is 14.0 Å². The summed E-state index contributed by atoms with van der Waals surface area (Å²) in [6, 6.07) is 1.80. The summed E-state index contributed by atoms with van der Waals surface area (Å²) in [6.07, 6.45) is 12.4. The number of ether oxygens (including phenoxy) is 2. The Hall–Kier alpha value is -3.11. The highest BCUT2D eigenvalue weighted by molar-refractivity contribution is 5.93. The lowest BCUT2D eigenvalue weighted by atomic mass is 9.93. The van der Waals surface area contributed by atoms with E-state index in [-0.39, 0.29) is 18.1 Å². The van der Waals surface area contributed by atoms with E-state index in [1.54, 1.807) is 47.3 Å². The summed E-state index contributed by atoms with van der Waals surface area (Å²) < 4.78 is 14.2. The number of imidazole rings is 1. The molecule has 1 saturated carbocycles. The van der Waals surface area contributed by atoms with Crippen molar-refractivity contribution in [1.82, 2.24) is 34.6 Å². The van der Waals surface area contributed by atoms with Crippen LogP contribution in [0, 0.1) is 0 Å². The van der Waals surface area contributed by atoms with Crippen molar-refractivity contribution in [3.8, 4) is 17.2 Å². The Morgan fingerprint density at radius 2 is 2.06 bits per heavy atom. The number of methoxy groups -OCH3 is 1. The number of hydrogen-bond donors (Lipinski definition) is 1. The molecule has 0 radical (unpaired) electrons. The molecule has 0 saturated heterocycles. The number of amides is 1. The SMILES string of the molecule is COCCO[C@H]1CC[C@H](NC(=O)c2cc(-c3cnn(C)c3)nc(-n3ccnc3)n2)CC1. The average Bonchev–Trinajstić information content (AvgIpc) is 3.47. The molecule has 1 aliphatic carbocycles. The maximum Gasteiger partial charge on any atom is 0.270 e. The summed E-state index contributed by atoms with van der Waals surface area (Å²) in [5.41, 5.74) is 1.76. The summed E-state index contributed by atoms with van der Waals surface area (Å²) in [4.78, 5) is 26.1. The van der Waals surface area contributed by atoms with Gasteiger partial charge in [0.25, 0.3) is 5.91 Å². The first kappa shape index (κ1) is 21.1. The molecular weight excluding hydrogens is 398 g/mol. The van der Waals surface area contributed by atoms with E-state index in [0.29, 0.717) is 30.5 Å². The van der Waals surface area contributed by atoms with E-state index in [2.05, 4.69) is 25.4 Å². The largest absolute Gasteiger partial charge is 0.382 e. The van der Waals surface area contributed by atoms with Crippen LogP contribution in [0.1, 0.15) is 36.2 Å². The van der Waals surface area contributed by atoms with Crippen LogP contribution in [0.4, 0.5) is 0 Å². The second-order valence-corrected chi connectivity index (χ2v) is 7.62. The lowest BCUT2D eigenvalue weighted by Crippen LogP contribution is -2.39. The van der Waals surface area contributed by atoms with Gasteiger partial charge >= 0.3 is 0 Å². The predicted octanol–water partition coefficient (Wildman–Crippen LogP) is 1.77. The van der Waals surface area contributed by atoms with Crippen molar-refractivity contribution in [1.29, 1.82) is 0 Å². The normalized spacial score (nSPS) is 18.8. The molecule has 1 fully saturated rings. The molecule has 1 N–H and O–H groups in total. The molecule has 3 heterocycles. The first-order chi connectivity index (χ1) is 15.1. The van der Waals surface area contributed by atoms with Gasteiger partial charge < -0.3 is 14.8 Å². The Balaban J connectivity index is 1.47. The maximum atomic E-state index is 13.0. The van der Waals surface area contributed by atoms with Crippen LogP contribution in [0.5, 0.6) is 0 Å². The van der Waals surface area contributed by atoms with Gasteiger partial charge in [-0.2, -0.15) is 5.10 Å². The number of rotatable bonds is 8. The van der Waals surface area contributed by atoms with Crippen LogP contribution in [0.3, 0.4) is 0 Å². The van der Waals surface area contributed by atoms with Crippen molar-refractivity contribution >= 4 is 5.91 Å². The standard InChI is InChI=1S/C21H27N7O3/c1-27-13-15(12-23-27)18-11-19(26-21(25-18)28-8-7-22-14-28)20(29)24-16-3-5-17(6-4-16)31-10-9-30-2/h7-8,11-14,16-17H,3-6,9-10H2,1-2H3,(H,24,29)/t16-,17-. The highest BCUT2D eigenvalue weighted by Gasteiger charge is 2.24. The Morgan fingerprint density at radius 3 is 2.74 bits per heavy atom. The smallest absolute Gasteiger partial charge is 0.270 e. The van der Waals surface area contributed by atoms with Crippen LogP contribution in [-0.4, -0.2) is 67.7 Å². The van der Waals surface area contributed by atoms with E-state index in [1.807, 2.05) is 13.2 Å². The van der Waals surface area contributed by atoms with E-state index >= 15 is 0 Å². The monoisotopic (exact) mass is 425 g/mol. The minimum absolute atomic E-state index is 0.100. The molecule has 4 rings (SSSR count). The Morgan fingerprint density at radius 1 is 1.23 bits per heavy atom. The van der Waals surface area contributed by atoms with Gasteiger partial charge in [0.2, 0.25) is 5.95 Å². The molecule has 0 aromatic carbocycles. The summed E-state index contributed by atoms with van der Waals surface area (Å²) >= 11 is 0. The summed E-state index contributed by atoms with van der Waals surface area (Å²) in [5.74, 6) is 0.178. The molecule has 3 aromatic heterocycles. The lowest BCUT2D eigenvalue weighted by Gasteiger charge is -2.29. The topological polar surface area (TPSA) is 109 Å². The quantitative estimate of drug-likeness (QED) is 0.548. The zero-order valence-electron chi connectivity index (χ0n) is 17.8. The van der Waals surface area contributed by atoms with Gasteiger partial charge in [0.1, 0.15) is 12.0 Å². The fourth-order valence-electron chi connectivity index (χ4n) is 3.68. The fraction of sp³-hybridized carbons (Fsp3) is 0.476. The number of carbonyl (C=O) groups excluding carboxylic acids is 1. The maximum absolute atomic E-state index is 13.0.